The second-order valence-electron chi connectivity index (χ2n) is 9.74. The lowest BCUT2D eigenvalue weighted by atomic mass is 9.75. The van der Waals surface area contributed by atoms with Crippen LogP contribution in [-0.4, -0.2) is 59.9 Å². The highest BCUT2D eigenvalue weighted by Crippen LogP contribution is 2.42. The number of halogens is 1. The van der Waals surface area contributed by atoms with E-state index in [9.17, 15) is 24.1 Å². The van der Waals surface area contributed by atoms with Crippen LogP contribution in [0.2, 0.25) is 0 Å². The molecule has 0 amide bonds. The number of nitrogens with zero attached hydrogens (tertiary/aromatic N) is 3. The third-order valence-electron chi connectivity index (χ3n) is 7.14. The molecule has 0 N–H and O–H groups in total. The lowest BCUT2D eigenvalue weighted by Crippen LogP contribution is -2.43. The highest BCUT2D eigenvalue weighted by Gasteiger charge is 2.47. The number of alkyl halides is 1. The Balaban J connectivity index is 1.67. The quantitative estimate of drug-likeness (QED) is 0.287. The van der Waals surface area contributed by atoms with Gasteiger partial charge in [0, 0.05) is 55.5 Å². The summed E-state index contributed by atoms with van der Waals surface area (Å²) in [7, 11) is 1.22. The van der Waals surface area contributed by atoms with Crippen LogP contribution >= 0.6 is 0 Å². The Hall–Kier alpha value is -3.92. The third kappa shape index (κ3) is 5.50. The third-order valence-corrected chi connectivity index (χ3v) is 7.14. The number of nitro groups is 1. The van der Waals surface area contributed by atoms with E-state index in [-0.39, 0.29) is 17.8 Å². The van der Waals surface area contributed by atoms with Gasteiger partial charge in [-0.3, -0.25) is 24.8 Å². The van der Waals surface area contributed by atoms with E-state index in [0.29, 0.717) is 36.5 Å². The number of hydrogen-bond donors (Lipinski definition) is 0. The minimum Gasteiger partial charge on any atom is -0.468 e. The number of ether oxygens (including phenoxy) is 2. The molecule has 2 aliphatic rings. The predicted molar refractivity (Wildman–Crippen MR) is 138 cm³/mol. The number of hydrogen-bond acceptors (Lipinski definition) is 8. The van der Waals surface area contributed by atoms with Gasteiger partial charge in [-0.25, -0.2) is 9.18 Å². The van der Waals surface area contributed by atoms with Gasteiger partial charge in [-0.05, 0) is 25.0 Å². The van der Waals surface area contributed by atoms with Crippen LogP contribution in [0.15, 0.2) is 70.9 Å². The number of methoxy groups -OCH3 is 1. The smallest absolute Gasteiger partial charge is 0.337 e. The molecule has 2 aromatic rings. The van der Waals surface area contributed by atoms with Crippen LogP contribution in [-0.2, 0) is 25.6 Å². The van der Waals surface area contributed by atoms with Crippen molar-refractivity contribution in [2.75, 3.05) is 26.9 Å². The van der Waals surface area contributed by atoms with Crippen LogP contribution < -0.4 is 0 Å². The molecule has 2 aromatic carbocycles. The fourth-order valence-electron chi connectivity index (χ4n) is 5.30. The van der Waals surface area contributed by atoms with Crippen LogP contribution in [0.25, 0.3) is 0 Å². The van der Waals surface area contributed by atoms with E-state index < -0.39 is 41.0 Å². The number of allylic oxidation sites excluding steroid dienone is 1. The van der Waals surface area contributed by atoms with Gasteiger partial charge in [-0.2, -0.15) is 0 Å². The van der Waals surface area contributed by atoms with Gasteiger partial charge in [0.05, 0.1) is 17.6 Å². The molecule has 9 nitrogen and oxygen atoms in total. The summed E-state index contributed by atoms with van der Waals surface area (Å²) in [4.78, 5) is 44.0. The first kappa shape index (κ1) is 27.1. The van der Waals surface area contributed by atoms with Gasteiger partial charge in [-0.15, -0.1) is 0 Å². The Bertz CT molecular complexity index is 1290. The number of carbonyl (C=O) groups excluding carboxylic acids is 2. The Morgan fingerprint density at radius 1 is 1.18 bits per heavy atom. The summed E-state index contributed by atoms with van der Waals surface area (Å²) in [6.45, 7) is 3.71. The largest absolute Gasteiger partial charge is 0.468 e. The molecule has 38 heavy (non-hydrogen) atoms. The van der Waals surface area contributed by atoms with Crippen LogP contribution in [0, 0.1) is 16.0 Å². The van der Waals surface area contributed by atoms with Crippen molar-refractivity contribution in [2.24, 2.45) is 10.9 Å². The van der Waals surface area contributed by atoms with E-state index in [1.807, 2.05) is 35.2 Å². The Morgan fingerprint density at radius 2 is 1.92 bits per heavy atom. The number of rotatable bonds is 8. The number of non-ortho nitro benzene ring substituents is 1. The Labute approximate surface area is 220 Å². The monoisotopic (exact) mass is 523 g/mol. The molecule has 10 heteroatoms. The second kappa shape index (κ2) is 11.2. The SMILES string of the molecule is COC(=O)C1C(C)=NC(C)=C(C(=O)O[C@]2(CF)CCN(Cc3ccccc3)C2)[C@@H]1c1cccc([N+](=O)[O-])c1. The molecule has 2 aliphatic heterocycles. The van der Waals surface area contributed by atoms with Gasteiger partial charge < -0.3 is 9.47 Å². The molecule has 2 heterocycles. The summed E-state index contributed by atoms with van der Waals surface area (Å²) in [5, 5.41) is 11.5. The maximum atomic E-state index is 14.5. The number of nitro benzene ring substituents is 1. The Kier molecular flexibility index (Phi) is 8.01. The summed E-state index contributed by atoms with van der Waals surface area (Å²) < 4.78 is 25.4. The lowest BCUT2D eigenvalue weighted by Gasteiger charge is -2.33. The Morgan fingerprint density at radius 3 is 2.58 bits per heavy atom. The molecule has 4 rings (SSSR count). The summed E-state index contributed by atoms with van der Waals surface area (Å²) in [5.41, 5.74) is 0.640. The highest BCUT2D eigenvalue weighted by atomic mass is 19.1. The normalized spacial score (nSPS) is 23.6. The topological polar surface area (TPSA) is 111 Å². The molecule has 0 radical (unpaired) electrons. The molecule has 0 spiro atoms. The van der Waals surface area contributed by atoms with E-state index in [1.165, 1.54) is 25.3 Å². The van der Waals surface area contributed by atoms with Gasteiger partial charge in [0.15, 0.2) is 5.60 Å². The molecular weight excluding hydrogens is 493 g/mol. The molecule has 1 unspecified atom stereocenters. The number of esters is 2. The summed E-state index contributed by atoms with van der Waals surface area (Å²) in [6, 6.07) is 15.5. The van der Waals surface area contributed by atoms with E-state index in [1.54, 1.807) is 19.9 Å². The summed E-state index contributed by atoms with van der Waals surface area (Å²) in [6.07, 6.45) is 0.304. The van der Waals surface area contributed by atoms with Crippen LogP contribution in [0.1, 0.15) is 37.3 Å². The number of carbonyl (C=O) groups is 2. The van der Waals surface area contributed by atoms with Gasteiger partial charge in [0.25, 0.3) is 5.69 Å². The zero-order chi connectivity index (χ0) is 27.4. The van der Waals surface area contributed by atoms with Crippen molar-refractivity contribution >= 4 is 23.3 Å². The standard InChI is InChI=1S/C28H30FN3O6/c1-18-23(26(33)37-3)25(21-10-7-11-22(14-21)32(35)36)24(19(2)30-18)27(34)38-28(16-29)12-13-31(17-28)15-20-8-5-4-6-9-20/h4-11,14,23,25H,12-13,15-17H2,1-3H3/t23?,25-,28+/m1/s1. The number of benzene rings is 2. The van der Waals surface area contributed by atoms with Crippen molar-refractivity contribution in [3.63, 3.8) is 0 Å². The fourth-order valence-corrected chi connectivity index (χ4v) is 5.30. The first-order valence-corrected chi connectivity index (χ1v) is 12.3. The number of aliphatic imine (C=N–C) groups is 1. The van der Waals surface area contributed by atoms with E-state index in [2.05, 4.69) is 4.99 Å². The second-order valence-corrected chi connectivity index (χ2v) is 9.74. The van der Waals surface area contributed by atoms with E-state index in [4.69, 9.17) is 9.47 Å². The predicted octanol–water partition coefficient (Wildman–Crippen LogP) is 4.37. The fraction of sp³-hybridized carbons (Fsp3) is 0.393. The molecule has 1 saturated heterocycles. The van der Waals surface area contributed by atoms with Crippen molar-refractivity contribution in [2.45, 2.75) is 38.3 Å². The lowest BCUT2D eigenvalue weighted by molar-refractivity contribution is -0.384. The first-order chi connectivity index (χ1) is 18.2. The highest BCUT2D eigenvalue weighted by molar-refractivity contribution is 6.07. The average molecular weight is 524 g/mol. The molecule has 0 saturated carbocycles. The molecule has 200 valence electrons. The first-order valence-electron chi connectivity index (χ1n) is 12.3. The zero-order valence-corrected chi connectivity index (χ0v) is 21.6. The zero-order valence-electron chi connectivity index (χ0n) is 21.6. The van der Waals surface area contributed by atoms with Crippen molar-refractivity contribution in [3.05, 3.63) is 87.1 Å². The maximum Gasteiger partial charge on any atom is 0.337 e. The summed E-state index contributed by atoms with van der Waals surface area (Å²) in [5.74, 6) is -3.40. The maximum absolute atomic E-state index is 14.5. The molecule has 1 fully saturated rings. The van der Waals surface area contributed by atoms with E-state index in [0.717, 1.165) is 5.56 Å². The van der Waals surface area contributed by atoms with Gasteiger partial charge >= 0.3 is 11.9 Å². The minimum atomic E-state index is -1.36. The average Bonchev–Trinajstić information content (AvgIpc) is 3.30. The van der Waals surface area contributed by atoms with Crippen molar-refractivity contribution in [3.8, 4) is 0 Å². The van der Waals surface area contributed by atoms with Crippen LogP contribution in [0.5, 0.6) is 0 Å². The van der Waals surface area contributed by atoms with Gasteiger partial charge in [0.1, 0.15) is 12.6 Å². The molecular formula is C28H30FN3O6. The summed E-state index contributed by atoms with van der Waals surface area (Å²) >= 11 is 0. The molecule has 0 aromatic heterocycles. The molecule has 3 atom stereocenters. The van der Waals surface area contributed by atoms with Gasteiger partial charge in [0.2, 0.25) is 0 Å². The van der Waals surface area contributed by atoms with Crippen molar-refractivity contribution < 1.29 is 28.4 Å². The van der Waals surface area contributed by atoms with Crippen LogP contribution in [0.3, 0.4) is 0 Å². The van der Waals surface area contributed by atoms with E-state index >= 15 is 0 Å². The number of likely N-dealkylation sites (tertiary alicyclic amines) is 1. The molecule has 0 bridgehead atoms. The minimum absolute atomic E-state index is 0.0563. The van der Waals surface area contributed by atoms with Crippen molar-refractivity contribution in [1.82, 2.24) is 4.90 Å². The van der Waals surface area contributed by atoms with Gasteiger partial charge in [-0.1, -0.05) is 42.5 Å². The van der Waals surface area contributed by atoms with Crippen molar-refractivity contribution in [1.29, 1.82) is 0 Å². The van der Waals surface area contributed by atoms with Crippen LogP contribution in [0.4, 0.5) is 10.1 Å². The molecule has 0 aliphatic carbocycles.